The van der Waals surface area contributed by atoms with E-state index >= 15 is 0 Å². The predicted molar refractivity (Wildman–Crippen MR) is 207 cm³/mol. The number of nitrogens with zero attached hydrogens (tertiary/aromatic N) is 4. The number of hydrogen-bond acceptors (Lipinski definition) is 4. The first-order chi connectivity index (χ1) is 24.9. The highest BCUT2D eigenvalue weighted by atomic mass is 16.2. The highest BCUT2D eigenvalue weighted by Crippen LogP contribution is 2.62. The monoisotopic (exact) mass is 696 g/mol. The third kappa shape index (κ3) is 3.87. The van der Waals surface area contributed by atoms with Gasteiger partial charge < -0.3 is 19.6 Å². The Morgan fingerprint density at radius 2 is 0.519 bits per heavy atom. The summed E-state index contributed by atoms with van der Waals surface area (Å²) in [4.78, 5) is 61.6. The standard InChI is InChI=1S/2C22H24N2O2/c2*1-5-21(15-11-7-9-13-17(15)23(3)19(21)25)22(6-2)16-12-8-10-14-18(16)24(4)20(22)26/h2*7-14H,5-6H2,1-4H3/t2*21-,22+. The molecule has 0 unspecified atom stereocenters. The molecule has 0 fully saturated rings. The van der Waals surface area contributed by atoms with Crippen LogP contribution in [-0.4, -0.2) is 51.8 Å². The van der Waals surface area contributed by atoms with E-state index in [-0.39, 0.29) is 23.6 Å². The fourth-order valence-corrected chi connectivity index (χ4v) is 10.8. The summed E-state index contributed by atoms with van der Waals surface area (Å²) >= 11 is 0. The van der Waals surface area contributed by atoms with Crippen LogP contribution < -0.4 is 19.6 Å². The quantitative estimate of drug-likeness (QED) is 0.213. The maximum atomic E-state index is 13.7. The molecule has 0 saturated heterocycles. The number of benzene rings is 4. The first-order valence-electron chi connectivity index (χ1n) is 18.4. The number of fused-ring (bicyclic) bond motifs is 4. The maximum absolute atomic E-state index is 13.7. The van der Waals surface area contributed by atoms with Gasteiger partial charge in [-0.25, -0.2) is 0 Å². The zero-order chi connectivity index (χ0) is 37.4. The third-order valence-corrected chi connectivity index (χ3v) is 13.2. The number of likely N-dealkylation sites (N-methyl/N-ethyl adjacent to an activating group) is 4. The van der Waals surface area contributed by atoms with Gasteiger partial charge in [0.1, 0.15) is 0 Å². The lowest BCUT2D eigenvalue weighted by Gasteiger charge is -2.43. The van der Waals surface area contributed by atoms with E-state index in [0.717, 1.165) is 45.0 Å². The molecular weight excluding hydrogens is 649 g/mol. The average Bonchev–Trinajstić information content (AvgIpc) is 3.74. The zero-order valence-corrected chi connectivity index (χ0v) is 31.5. The Labute approximate surface area is 307 Å². The molecule has 4 heterocycles. The largest absolute Gasteiger partial charge is 0.314 e. The Morgan fingerprint density at radius 1 is 0.346 bits per heavy atom. The van der Waals surface area contributed by atoms with Crippen LogP contribution in [0.25, 0.3) is 0 Å². The van der Waals surface area contributed by atoms with Gasteiger partial charge in [0.05, 0.1) is 21.7 Å². The molecule has 0 aromatic heterocycles. The molecule has 8 rings (SSSR count). The van der Waals surface area contributed by atoms with Crippen LogP contribution >= 0.6 is 0 Å². The van der Waals surface area contributed by atoms with Crippen molar-refractivity contribution in [3.05, 3.63) is 119 Å². The van der Waals surface area contributed by atoms with Gasteiger partial charge in [-0.15, -0.1) is 0 Å². The molecule has 0 aliphatic carbocycles. The highest BCUT2D eigenvalue weighted by Gasteiger charge is 2.69. The molecule has 4 aliphatic heterocycles. The summed E-state index contributed by atoms with van der Waals surface area (Å²) < 4.78 is 0. The molecule has 8 heteroatoms. The molecule has 0 N–H and O–H groups in total. The summed E-state index contributed by atoms with van der Waals surface area (Å²) in [5.41, 5.74) is 3.97. The van der Waals surface area contributed by atoms with Gasteiger partial charge in [-0.1, -0.05) is 100 Å². The van der Waals surface area contributed by atoms with Crippen LogP contribution in [0.4, 0.5) is 22.7 Å². The molecule has 8 nitrogen and oxygen atoms in total. The maximum Gasteiger partial charge on any atom is 0.238 e. The van der Waals surface area contributed by atoms with E-state index in [1.54, 1.807) is 19.6 Å². The van der Waals surface area contributed by atoms with E-state index in [0.29, 0.717) is 25.7 Å². The lowest BCUT2D eigenvalue weighted by molar-refractivity contribution is -0.135. The Hall–Kier alpha value is -5.24. The fraction of sp³-hybridized carbons (Fsp3) is 0.364. The Kier molecular flexibility index (Phi) is 8.24. The van der Waals surface area contributed by atoms with Gasteiger partial charge in [0.25, 0.3) is 0 Å². The topological polar surface area (TPSA) is 81.2 Å². The number of carbonyl (C=O) groups is 4. The van der Waals surface area contributed by atoms with E-state index in [1.165, 1.54) is 0 Å². The van der Waals surface area contributed by atoms with E-state index in [1.807, 2.05) is 153 Å². The summed E-state index contributed by atoms with van der Waals surface area (Å²) in [7, 11) is 7.27. The van der Waals surface area contributed by atoms with Crippen molar-refractivity contribution in [2.45, 2.75) is 75.0 Å². The minimum Gasteiger partial charge on any atom is -0.314 e. The Bertz CT molecular complexity index is 1840. The van der Waals surface area contributed by atoms with Crippen LogP contribution in [-0.2, 0) is 40.8 Å². The van der Waals surface area contributed by atoms with Crippen LogP contribution in [0, 0.1) is 0 Å². The van der Waals surface area contributed by atoms with Crippen molar-refractivity contribution in [1.82, 2.24) is 0 Å². The summed E-state index contributed by atoms with van der Waals surface area (Å²) in [5.74, 6) is 0.0611. The van der Waals surface area contributed by atoms with Gasteiger partial charge >= 0.3 is 0 Å². The van der Waals surface area contributed by atoms with Crippen molar-refractivity contribution in [1.29, 1.82) is 0 Å². The minimum absolute atomic E-state index is 0.0153. The summed E-state index contributed by atoms with van der Waals surface area (Å²) in [6.07, 6.45) is 2.31. The molecule has 52 heavy (non-hydrogen) atoms. The average molecular weight is 697 g/mol. The van der Waals surface area contributed by atoms with Crippen LogP contribution in [0.5, 0.6) is 0 Å². The minimum atomic E-state index is -0.884. The summed E-state index contributed by atoms with van der Waals surface area (Å²) in [6.45, 7) is 8.11. The van der Waals surface area contributed by atoms with Crippen molar-refractivity contribution >= 4 is 46.4 Å². The van der Waals surface area contributed by atoms with Gasteiger partial charge in [-0.2, -0.15) is 0 Å². The second kappa shape index (κ2) is 12.2. The van der Waals surface area contributed by atoms with Gasteiger partial charge in [-0.3, -0.25) is 19.2 Å². The lowest BCUT2D eigenvalue weighted by Crippen LogP contribution is -2.58. The third-order valence-electron chi connectivity index (χ3n) is 13.2. The van der Waals surface area contributed by atoms with Crippen LogP contribution in [0.1, 0.15) is 75.6 Å². The van der Waals surface area contributed by atoms with Crippen molar-refractivity contribution in [3.63, 3.8) is 0 Å². The number of para-hydroxylation sites is 4. The number of rotatable bonds is 6. The van der Waals surface area contributed by atoms with E-state index in [4.69, 9.17) is 0 Å². The predicted octanol–water partition coefficient (Wildman–Crippen LogP) is 7.27. The van der Waals surface area contributed by atoms with Crippen LogP contribution in [0.2, 0.25) is 0 Å². The molecule has 268 valence electrons. The van der Waals surface area contributed by atoms with Crippen molar-refractivity contribution < 1.29 is 19.2 Å². The number of anilines is 4. The number of amides is 4. The van der Waals surface area contributed by atoms with Crippen molar-refractivity contribution in [3.8, 4) is 0 Å². The van der Waals surface area contributed by atoms with Gasteiger partial charge in [0, 0.05) is 50.9 Å². The van der Waals surface area contributed by atoms with Crippen LogP contribution in [0.15, 0.2) is 97.1 Å². The number of carbonyl (C=O) groups excluding carboxylic acids is 4. The molecule has 0 spiro atoms. The molecule has 4 aromatic carbocycles. The molecular formula is C44H48N4O4. The van der Waals surface area contributed by atoms with Crippen molar-refractivity contribution in [2.24, 2.45) is 0 Å². The summed E-state index contributed by atoms with van der Waals surface area (Å²) in [6, 6.07) is 31.6. The normalized spacial score (nSPS) is 27.1. The molecule has 4 atom stereocenters. The zero-order valence-electron chi connectivity index (χ0n) is 31.5. The first kappa shape index (κ1) is 35.2. The SMILES string of the molecule is CC[C@]1([C@]2(CC)C(=O)N(C)c3ccccc32)C(=O)N(C)c2ccccc21.CC[C@]1([C@]2(CC)C(=O)N(C)c3ccccc32)C(=O)N(C)c2ccccc21. The fourth-order valence-electron chi connectivity index (χ4n) is 10.8. The second-order valence-corrected chi connectivity index (χ2v) is 14.6. The van der Waals surface area contributed by atoms with E-state index in [9.17, 15) is 19.2 Å². The second-order valence-electron chi connectivity index (χ2n) is 14.6. The molecule has 0 bridgehead atoms. The molecule has 0 saturated carbocycles. The van der Waals surface area contributed by atoms with Crippen LogP contribution in [0.3, 0.4) is 0 Å². The molecule has 4 aromatic rings. The first-order valence-corrected chi connectivity index (χ1v) is 18.4. The molecule has 4 amide bonds. The summed E-state index contributed by atoms with van der Waals surface area (Å²) in [5, 5.41) is 0. The highest BCUT2D eigenvalue weighted by molar-refractivity contribution is 6.19. The number of hydrogen-bond donors (Lipinski definition) is 0. The Morgan fingerprint density at radius 3 is 0.692 bits per heavy atom. The van der Waals surface area contributed by atoms with Crippen molar-refractivity contribution in [2.75, 3.05) is 47.8 Å². The van der Waals surface area contributed by atoms with Gasteiger partial charge in [-0.05, 0) is 72.2 Å². The molecule has 0 radical (unpaired) electrons. The Balaban J connectivity index is 0.000000162. The van der Waals surface area contributed by atoms with E-state index < -0.39 is 21.7 Å². The van der Waals surface area contributed by atoms with Gasteiger partial charge in [0.2, 0.25) is 23.6 Å². The van der Waals surface area contributed by atoms with E-state index in [2.05, 4.69) is 0 Å². The lowest BCUT2D eigenvalue weighted by atomic mass is 9.55. The smallest absolute Gasteiger partial charge is 0.238 e. The van der Waals surface area contributed by atoms with Gasteiger partial charge in [0.15, 0.2) is 0 Å². The molecule has 4 aliphatic rings.